The van der Waals surface area contributed by atoms with Crippen LogP contribution in [-0.2, 0) is 27.1 Å². The Morgan fingerprint density at radius 2 is 1.76 bits per heavy atom. The zero-order chi connectivity index (χ0) is 19.9. The summed E-state index contributed by atoms with van der Waals surface area (Å²) >= 11 is 0. The minimum Gasteiger partial charge on any atom is -0.481 e. The standard InChI is InChI=1S/C24H30N2O3/c27-22(28)23(20-4-2-1-3-5-20)10-12-24(13-11-23,29-17-19-8-9-19)21-25-14-15-26(21)16-18-6-7-18/h1-5,14-15,18-19H,6-13,16-17H2,(H,27,28)/t23-,24-. The van der Waals surface area contributed by atoms with Crippen molar-refractivity contribution in [1.82, 2.24) is 9.55 Å². The highest BCUT2D eigenvalue weighted by Gasteiger charge is 2.51. The average molecular weight is 395 g/mol. The number of aromatic nitrogens is 2. The molecule has 1 aromatic carbocycles. The third-order valence-corrected chi connectivity index (χ3v) is 7.21. The van der Waals surface area contributed by atoms with Gasteiger partial charge in [0.1, 0.15) is 11.4 Å². The third kappa shape index (κ3) is 3.61. The molecule has 0 spiro atoms. The smallest absolute Gasteiger partial charge is 0.314 e. The molecule has 1 N–H and O–H groups in total. The lowest BCUT2D eigenvalue weighted by Gasteiger charge is -2.44. The predicted octanol–water partition coefficient (Wildman–Crippen LogP) is 4.51. The highest BCUT2D eigenvalue weighted by Crippen LogP contribution is 2.50. The van der Waals surface area contributed by atoms with Crippen LogP contribution in [0.4, 0.5) is 0 Å². The molecule has 0 radical (unpaired) electrons. The Labute approximate surface area is 172 Å². The average Bonchev–Trinajstić information content (AvgIpc) is 3.67. The van der Waals surface area contributed by atoms with E-state index in [0.717, 1.165) is 30.5 Å². The minimum absolute atomic E-state index is 0.464. The van der Waals surface area contributed by atoms with Crippen LogP contribution in [0.2, 0.25) is 0 Å². The van der Waals surface area contributed by atoms with Crippen LogP contribution in [0.15, 0.2) is 42.7 Å². The third-order valence-electron chi connectivity index (χ3n) is 7.21. The maximum Gasteiger partial charge on any atom is 0.314 e. The van der Waals surface area contributed by atoms with Gasteiger partial charge in [-0.2, -0.15) is 0 Å². The van der Waals surface area contributed by atoms with Crippen molar-refractivity contribution in [3.8, 4) is 0 Å². The maximum absolute atomic E-state index is 12.4. The Kier molecular flexibility index (Phi) is 4.73. The van der Waals surface area contributed by atoms with Gasteiger partial charge in [-0.05, 0) is 68.8 Å². The number of imidazole rings is 1. The van der Waals surface area contributed by atoms with Crippen molar-refractivity contribution in [3.63, 3.8) is 0 Å². The van der Waals surface area contributed by atoms with Gasteiger partial charge in [0.25, 0.3) is 0 Å². The molecular weight excluding hydrogens is 364 g/mol. The van der Waals surface area contributed by atoms with E-state index in [1.165, 1.54) is 25.7 Å². The molecule has 0 aliphatic heterocycles. The van der Waals surface area contributed by atoms with Gasteiger partial charge in [-0.3, -0.25) is 4.79 Å². The number of aliphatic carboxylic acids is 1. The summed E-state index contributed by atoms with van der Waals surface area (Å²) in [6, 6.07) is 9.74. The summed E-state index contributed by atoms with van der Waals surface area (Å²) in [6.07, 6.45) is 11.6. The molecule has 1 heterocycles. The number of nitrogens with zero attached hydrogens (tertiary/aromatic N) is 2. The molecule has 0 bridgehead atoms. The number of benzene rings is 1. The van der Waals surface area contributed by atoms with E-state index >= 15 is 0 Å². The summed E-state index contributed by atoms with van der Waals surface area (Å²) in [7, 11) is 0. The summed E-state index contributed by atoms with van der Waals surface area (Å²) in [5, 5.41) is 10.2. The molecule has 5 nitrogen and oxygen atoms in total. The second-order valence-corrected chi connectivity index (χ2v) is 9.35. The van der Waals surface area contributed by atoms with Crippen molar-refractivity contribution in [2.45, 2.75) is 68.9 Å². The van der Waals surface area contributed by atoms with Gasteiger partial charge in [-0.15, -0.1) is 0 Å². The Morgan fingerprint density at radius 1 is 1.07 bits per heavy atom. The first-order chi connectivity index (χ1) is 14.1. The van der Waals surface area contributed by atoms with Crippen molar-refractivity contribution in [3.05, 3.63) is 54.1 Å². The zero-order valence-corrected chi connectivity index (χ0v) is 16.9. The van der Waals surface area contributed by atoms with Crippen LogP contribution in [-0.4, -0.2) is 27.2 Å². The Balaban J connectivity index is 1.44. The van der Waals surface area contributed by atoms with Gasteiger partial charge in [0.15, 0.2) is 0 Å². The first-order valence-corrected chi connectivity index (χ1v) is 11.1. The Hall–Kier alpha value is -2.14. The van der Waals surface area contributed by atoms with Crippen molar-refractivity contribution in [2.24, 2.45) is 11.8 Å². The summed E-state index contributed by atoms with van der Waals surface area (Å²) in [5.41, 5.74) is -0.388. The predicted molar refractivity (Wildman–Crippen MR) is 110 cm³/mol. The molecule has 0 amide bonds. The molecule has 3 saturated carbocycles. The first-order valence-electron chi connectivity index (χ1n) is 11.1. The second-order valence-electron chi connectivity index (χ2n) is 9.35. The van der Waals surface area contributed by atoms with E-state index in [0.29, 0.717) is 31.6 Å². The Morgan fingerprint density at radius 3 is 2.38 bits per heavy atom. The highest BCUT2D eigenvalue weighted by molar-refractivity contribution is 5.81. The molecule has 2 aromatic rings. The van der Waals surface area contributed by atoms with Gasteiger partial charge in [-0.25, -0.2) is 4.98 Å². The minimum atomic E-state index is -0.832. The van der Waals surface area contributed by atoms with Crippen LogP contribution in [0.25, 0.3) is 0 Å². The number of carboxylic acids is 1. The molecule has 5 rings (SSSR count). The number of carbonyl (C=O) groups is 1. The fourth-order valence-corrected chi connectivity index (χ4v) is 4.89. The van der Waals surface area contributed by atoms with Crippen molar-refractivity contribution in [1.29, 1.82) is 0 Å². The zero-order valence-electron chi connectivity index (χ0n) is 16.9. The summed E-state index contributed by atoms with van der Waals surface area (Å²) in [6.45, 7) is 1.77. The van der Waals surface area contributed by atoms with E-state index in [4.69, 9.17) is 9.72 Å². The van der Waals surface area contributed by atoms with Crippen LogP contribution in [0, 0.1) is 11.8 Å². The van der Waals surface area contributed by atoms with E-state index in [9.17, 15) is 9.90 Å². The topological polar surface area (TPSA) is 64.3 Å². The van der Waals surface area contributed by atoms with Crippen LogP contribution in [0.5, 0.6) is 0 Å². The molecule has 5 heteroatoms. The monoisotopic (exact) mass is 394 g/mol. The Bertz CT molecular complexity index is 859. The first kappa shape index (κ1) is 18.9. The molecule has 154 valence electrons. The molecule has 0 atom stereocenters. The normalized spacial score (nSPS) is 29.7. The van der Waals surface area contributed by atoms with Gasteiger partial charge in [0.05, 0.1) is 12.0 Å². The fourth-order valence-electron chi connectivity index (χ4n) is 4.89. The van der Waals surface area contributed by atoms with Crippen LogP contribution >= 0.6 is 0 Å². The van der Waals surface area contributed by atoms with Gasteiger partial charge in [0, 0.05) is 18.9 Å². The van der Waals surface area contributed by atoms with Crippen molar-refractivity contribution in [2.75, 3.05) is 6.61 Å². The number of carboxylic acid groups (broad SMARTS) is 1. The lowest BCUT2D eigenvalue weighted by Crippen LogP contribution is -2.47. The molecule has 0 unspecified atom stereocenters. The highest BCUT2D eigenvalue weighted by atomic mass is 16.5. The number of hydrogen-bond donors (Lipinski definition) is 1. The fraction of sp³-hybridized carbons (Fsp3) is 0.583. The summed E-state index contributed by atoms with van der Waals surface area (Å²) in [5.74, 6) is 1.71. The van der Waals surface area contributed by atoms with Gasteiger partial charge < -0.3 is 14.4 Å². The number of ether oxygens (including phenoxy) is 1. The van der Waals surface area contributed by atoms with E-state index < -0.39 is 17.0 Å². The molecule has 29 heavy (non-hydrogen) atoms. The van der Waals surface area contributed by atoms with Crippen LogP contribution < -0.4 is 0 Å². The van der Waals surface area contributed by atoms with Gasteiger partial charge in [-0.1, -0.05) is 30.3 Å². The summed E-state index contributed by atoms with van der Waals surface area (Å²) in [4.78, 5) is 17.2. The van der Waals surface area contributed by atoms with Crippen LogP contribution in [0.3, 0.4) is 0 Å². The molecule has 3 aliphatic rings. The largest absolute Gasteiger partial charge is 0.481 e. The van der Waals surface area contributed by atoms with E-state index in [-0.39, 0.29) is 0 Å². The molecule has 3 fully saturated rings. The molecule has 3 aliphatic carbocycles. The summed E-state index contributed by atoms with van der Waals surface area (Å²) < 4.78 is 8.89. The molecular formula is C24H30N2O3. The van der Waals surface area contributed by atoms with E-state index in [2.05, 4.69) is 10.8 Å². The number of hydrogen-bond acceptors (Lipinski definition) is 3. The van der Waals surface area contributed by atoms with Gasteiger partial charge in [0.2, 0.25) is 0 Å². The van der Waals surface area contributed by atoms with Crippen molar-refractivity contribution >= 4 is 5.97 Å². The quantitative estimate of drug-likeness (QED) is 0.715. The van der Waals surface area contributed by atoms with Crippen molar-refractivity contribution < 1.29 is 14.6 Å². The van der Waals surface area contributed by atoms with Crippen LogP contribution in [0.1, 0.15) is 62.8 Å². The van der Waals surface area contributed by atoms with E-state index in [1.807, 2.05) is 36.5 Å². The second kappa shape index (κ2) is 7.28. The molecule has 1 aromatic heterocycles. The maximum atomic E-state index is 12.4. The SMILES string of the molecule is O=C(O)[C@]1(c2ccccc2)CC[C@](OCC2CC2)(c2nccn2CC2CC2)CC1. The lowest BCUT2D eigenvalue weighted by molar-refractivity contribution is -0.151. The van der Waals surface area contributed by atoms with E-state index in [1.54, 1.807) is 0 Å². The number of rotatable bonds is 8. The molecule has 0 saturated heterocycles. The lowest BCUT2D eigenvalue weighted by atomic mass is 9.65. The van der Waals surface area contributed by atoms with Gasteiger partial charge >= 0.3 is 5.97 Å².